The third kappa shape index (κ3) is 3.40. The molecule has 1 saturated heterocycles. The Balaban J connectivity index is 1.39. The van der Waals surface area contributed by atoms with Crippen molar-refractivity contribution < 1.29 is 18.1 Å². The number of carbonyl (C=O) groups is 1. The van der Waals surface area contributed by atoms with Gasteiger partial charge in [-0.2, -0.15) is 4.31 Å². The summed E-state index contributed by atoms with van der Waals surface area (Å²) in [5.74, 6) is 1.64. The molecule has 0 radical (unpaired) electrons. The van der Waals surface area contributed by atoms with Crippen LogP contribution in [0.5, 0.6) is 0 Å². The van der Waals surface area contributed by atoms with Crippen LogP contribution in [0.15, 0.2) is 29.2 Å². The standard InChI is InChI=1S/C19H27N3O3S/c1-14(23)20-17-4-6-18(7-5-17)26(24,25)22-10-8-21(9-11-22)19-13-15-2-3-16(19)12-15/h4-7,15-16,19H,2-3,8-13H2,1H3,(H,20,23)/p+1/t15-,16+,19-/m0/s1. The third-order valence-corrected chi connectivity index (χ3v) is 8.35. The molecular formula is C19H28N3O3S+. The Morgan fingerprint density at radius 2 is 1.81 bits per heavy atom. The predicted octanol–water partition coefficient (Wildman–Crippen LogP) is 0.723. The average molecular weight is 379 g/mol. The van der Waals surface area contributed by atoms with E-state index in [2.05, 4.69) is 5.32 Å². The van der Waals surface area contributed by atoms with Gasteiger partial charge in [0.05, 0.1) is 37.1 Å². The Kier molecular flexibility index (Phi) is 4.79. The lowest BCUT2D eigenvalue weighted by atomic mass is 9.93. The van der Waals surface area contributed by atoms with Crippen molar-refractivity contribution in [2.45, 2.75) is 43.5 Å². The van der Waals surface area contributed by atoms with Crippen LogP contribution in [0.4, 0.5) is 5.69 Å². The van der Waals surface area contributed by atoms with Crippen molar-refractivity contribution >= 4 is 21.6 Å². The molecule has 1 aromatic carbocycles. The number of benzene rings is 1. The van der Waals surface area contributed by atoms with E-state index in [-0.39, 0.29) is 5.91 Å². The van der Waals surface area contributed by atoms with Crippen molar-refractivity contribution in [2.75, 3.05) is 31.5 Å². The molecule has 2 aliphatic carbocycles. The van der Waals surface area contributed by atoms with Crippen LogP contribution in [0, 0.1) is 11.8 Å². The van der Waals surface area contributed by atoms with E-state index in [0.29, 0.717) is 23.7 Å². The molecule has 26 heavy (non-hydrogen) atoms. The van der Waals surface area contributed by atoms with Gasteiger partial charge in [0, 0.05) is 24.9 Å². The van der Waals surface area contributed by atoms with Gasteiger partial charge in [-0.3, -0.25) is 4.79 Å². The van der Waals surface area contributed by atoms with Gasteiger partial charge in [0.1, 0.15) is 0 Å². The highest BCUT2D eigenvalue weighted by molar-refractivity contribution is 7.89. The van der Waals surface area contributed by atoms with E-state index >= 15 is 0 Å². The molecule has 1 aromatic rings. The van der Waals surface area contributed by atoms with Crippen LogP contribution in [0.2, 0.25) is 0 Å². The molecule has 0 aromatic heterocycles. The molecule has 7 heteroatoms. The topological polar surface area (TPSA) is 70.9 Å². The minimum Gasteiger partial charge on any atom is -0.330 e. The van der Waals surface area contributed by atoms with Gasteiger partial charge in [0.2, 0.25) is 15.9 Å². The largest absolute Gasteiger partial charge is 0.330 e. The monoisotopic (exact) mass is 378 g/mol. The predicted molar refractivity (Wildman–Crippen MR) is 99.4 cm³/mol. The van der Waals surface area contributed by atoms with E-state index in [0.717, 1.165) is 31.0 Å². The van der Waals surface area contributed by atoms with Crippen molar-refractivity contribution in [2.24, 2.45) is 11.8 Å². The molecule has 1 heterocycles. The molecule has 2 saturated carbocycles. The van der Waals surface area contributed by atoms with Crippen molar-refractivity contribution in [1.82, 2.24) is 4.31 Å². The number of carbonyl (C=O) groups excluding carboxylic acids is 1. The summed E-state index contributed by atoms with van der Waals surface area (Å²) in [6, 6.07) is 7.21. The second-order valence-corrected chi connectivity index (χ2v) is 9.99. The fraction of sp³-hybridized carbons (Fsp3) is 0.632. The number of amides is 1. The Hall–Kier alpha value is -1.44. The van der Waals surface area contributed by atoms with Gasteiger partial charge in [-0.15, -0.1) is 0 Å². The van der Waals surface area contributed by atoms with E-state index in [1.165, 1.54) is 32.6 Å². The van der Waals surface area contributed by atoms with Gasteiger partial charge in [-0.05, 0) is 49.4 Å². The maximum absolute atomic E-state index is 12.9. The second kappa shape index (κ2) is 6.94. The maximum atomic E-state index is 12.9. The first-order chi connectivity index (χ1) is 12.4. The quantitative estimate of drug-likeness (QED) is 0.811. The molecule has 6 nitrogen and oxygen atoms in total. The van der Waals surface area contributed by atoms with Gasteiger partial charge in [-0.1, -0.05) is 0 Å². The van der Waals surface area contributed by atoms with Crippen molar-refractivity contribution in [1.29, 1.82) is 0 Å². The first-order valence-electron chi connectivity index (χ1n) is 9.66. The Morgan fingerprint density at radius 3 is 2.35 bits per heavy atom. The second-order valence-electron chi connectivity index (χ2n) is 8.05. The molecule has 3 aliphatic rings. The summed E-state index contributed by atoms with van der Waals surface area (Å²) in [7, 11) is -3.46. The SMILES string of the molecule is CC(=O)Nc1ccc(S(=O)(=O)N2CC[NH+]([C@H]3C[C@H]4CC[C@@H]3C4)CC2)cc1. The van der Waals surface area contributed by atoms with Crippen molar-refractivity contribution in [3.05, 3.63) is 24.3 Å². The van der Waals surface area contributed by atoms with E-state index in [1.807, 2.05) is 0 Å². The van der Waals surface area contributed by atoms with Gasteiger partial charge in [0.15, 0.2) is 0 Å². The Labute approximate surface area is 155 Å². The fourth-order valence-electron chi connectivity index (χ4n) is 5.19. The Morgan fingerprint density at radius 1 is 1.12 bits per heavy atom. The number of sulfonamides is 1. The van der Waals surface area contributed by atoms with E-state index < -0.39 is 10.0 Å². The minimum absolute atomic E-state index is 0.166. The number of fused-ring (bicyclic) bond motifs is 2. The summed E-state index contributed by atoms with van der Waals surface area (Å²) in [5, 5.41) is 2.66. The number of nitrogens with zero attached hydrogens (tertiary/aromatic N) is 1. The molecule has 0 unspecified atom stereocenters. The minimum atomic E-state index is -3.46. The average Bonchev–Trinajstić information content (AvgIpc) is 3.25. The van der Waals surface area contributed by atoms with E-state index in [1.54, 1.807) is 33.5 Å². The normalized spacial score (nSPS) is 29.8. The lowest BCUT2D eigenvalue weighted by molar-refractivity contribution is -0.932. The first-order valence-corrected chi connectivity index (χ1v) is 11.1. The van der Waals surface area contributed by atoms with Crippen LogP contribution in [-0.4, -0.2) is 50.9 Å². The van der Waals surface area contributed by atoms with Crippen LogP contribution in [-0.2, 0) is 14.8 Å². The summed E-state index contributed by atoms with van der Waals surface area (Å²) in [6.07, 6.45) is 5.53. The van der Waals surface area contributed by atoms with Crippen molar-refractivity contribution in [3.8, 4) is 0 Å². The lowest BCUT2D eigenvalue weighted by Crippen LogP contribution is -3.18. The number of piperazine rings is 1. The lowest BCUT2D eigenvalue weighted by Gasteiger charge is -2.37. The molecule has 3 fully saturated rings. The number of hydrogen-bond acceptors (Lipinski definition) is 3. The highest BCUT2D eigenvalue weighted by Crippen LogP contribution is 2.43. The first kappa shape index (κ1) is 17.9. The highest BCUT2D eigenvalue weighted by Gasteiger charge is 2.46. The molecule has 4 rings (SSSR count). The number of rotatable bonds is 4. The number of hydrogen-bond donors (Lipinski definition) is 2. The molecular weight excluding hydrogens is 350 g/mol. The van der Waals surface area contributed by atoms with Crippen LogP contribution in [0.25, 0.3) is 0 Å². The number of anilines is 1. The zero-order valence-corrected chi connectivity index (χ0v) is 16.1. The zero-order valence-electron chi connectivity index (χ0n) is 15.3. The molecule has 1 amide bonds. The summed E-state index contributed by atoms with van der Waals surface area (Å²) < 4.78 is 27.4. The molecule has 3 atom stereocenters. The third-order valence-electron chi connectivity index (χ3n) is 6.44. The highest BCUT2D eigenvalue weighted by atomic mass is 32.2. The molecule has 0 spiro atoms. The number of quaternary nitrogens is 1. The summed E-state index contributed by atoms with van der Waals surface area (Å²) in [6.45, 7) is 4.45. The summed E-state index contributed by atoms with van der Waals surface area (Å²) in [5.41, 5.74) is 0.613. The molecule has 2 bridgehead atoms. The Bertz CT molecular complexity index is 770. The molecule has 2 N–H and O–H groups in total. The number of nitrogens with one attached hydrogen (secondary N) is 2. The van der Waals surface area contributed by atoms with Crippen molar-refractivity contribution in [3.63, 3.8) is 0 Å². The van der Waals surface area contributed by atoms with E-state index in [4.69, 9.17) is 0 Å². The van der Waals surface area contributed by atoms with Gasteiger partial charge < -0.3 is 10.2 Å². The van der Waals surface area contributed by atoms with Crippen LogP contribution in [0.1, 0.15) is 32.6 Å². The maximum Gasteiger partial charge on any atom is 0.243 e. The van der Waals surface area contributed by atoms with Crippen LogP contribution >= 0.6 is 0 Å². The fourth-order valence-corrected chi connectivity index (χ4v) is 6.63. The zero-order chi connectivity index (χ0) is 18.3. The molecule has 142 valence electrons. The van der Waals surface area contributed by atoms with Gasteiger partial charge in [0.25, 0.3) is 0 Å². The van der Waals surface area contributed by atoms with Gasteiger partial charge in [-0.25, -0.2) is 8.42 Å². The smallest absolute Gasteiger partial charge is 0.243 e. The van der Waals surface area contributed by atoms with Gasteiger partial charge >= 0.3 is 0 Å². The summed E-state index contributed by atoms with van der Waals surface area (Å²) >= 11 is 0. The van der Waals surface area contributed by atoms with E-state index in [9.17, 15) is 13.2 Å². The summed E-state index contributed by atoms with van der Waals surface area (Å²) in [4.78, 5) is 13.0. The molecule has 1 aliphatic heterocycles. The van der Waals surface area contributed by atoms with Crippen LogP contribution < -0.4 is 10.2 Å². The van der Waals surface area contributed by atoms with Crippen LogP contribution in [0.3, 0.4) is 0 Å².